The number of ether oxygens (including phenoxy) is 1. The highest BCUT2D eigenvalue weighted by Gasteiger charge is 2.09. The van der Waals surface area contributed by atoms with Gasteiger partial charge in [-0.05, 0) is 53.9 Å². The minimum Gasteiger partial charge on any atom is -0.489 e. The van der Waals surface area contributed by atoms with Crippen LogP contribution in [0.5, 0.6) is 5.75 Å². The van der Waals surface area contributed by atoms with Crippen LogP contribution in [0.2, 0.25) is 0 Å². The molecule has 0 saturated carbocycles. The van der Waals surface area contributed by atoms with Crippen molar-refractivity contribution in [3.8, 4) is 5.75 Å². The van der Waals surface area contributed by atoms with Crippen LogP contribution in [0.3, 0.4) is 0 Å². The van der Waals surface area contributed by atoms with E-state index in [1.807, 2.05) is 6.07 Å². The summed E-state index contributed by atoms with van der Waals surface area (Å²) in [5, 5.41) is 3.35. The molecule has 1 N–H and O–H groups in total. The number of fused-ring (bicyclic) bond motifs is 1. The van der Waals surface area contributed by atoms with Gasteiger partial charge in [0.1, 0.15) is 18.2 Å². The van der Waals surface area contributed by atoms with Crippen molar-refractivity contribution >= 4 is 0 Å². The summed E-state index contributed by atoms with van der Waals surface area (Å²) in [6, 6.07) is 12.6. The third-order valence-corrected chi connectivity index (χ3v) is 3.38. The minimum absolute atomic E-state index is 0.218. The van der Waals surface area contributed by atoms with Gasteiger partial charge in [0.05, 0.1) is 0 Å². The van der Waals surface area contributed by atoms with E-state index < -0.39 is 0 Å². The van der Waals surface area contributed by atoms with Crippen LogP contribution < -0.4 is 10.1 Å². The SMILES string of the molecule is Fc1ccc(COc2ccc3c(c2)CCNC3)cc1. The Bertz CT molecular complexity index is 565. The Hall–Kier alpha value is -1.87. The van der Waals surface area contributed by atoms with Crippen LogP contribution in [0.4, 0.5) is 4.39 Å². The van der Waals surface area contributed by atoms with E-state index in [1.165, 1.54) is 23.3 Å². The maximum absolute atomic E-state index is 12.8. The van der Waals surface area contributed by atoms with Crippen molar-refractivity contribution in [3.05, 3.63) is 65.0 Å². The second-order valence-electron chi connectivity index (χ2n) is 4.77. The van der Waals surface area contributed by atoms with E-state index in [2.05, 4.69) is 17.4 Å². The van der Waals surface area contributed by atoms with Gasteiger partial charge in [-0.1, -0.05) is 18.2 Å². The van der Waals surface area contributed by atoms with Gasteiger partial charge in [-0.2, -0.15) is 0 Å². The molecule has 0 spiro atoms. The zero-order valence-electron chi connectivity index (χ0n) is 10.7. The first-order chi connectivity index (χ1) is 9.31. The van der Waals surface area contributed by atoms with E-state index in [1.54, 1.807) is 12.1 Å². The molecular weight excluding hydrogens is 241 g/mol. The van der Waals surface area contributed by atoms with Crippen molar-refractivity contribution in [2.75, 3.05) is 6.54 Å². The second-order valence-corrected chi connectivity index (χ2v) is 4.77. The van der Waals surface area contributed by atoms with Gasteiger partial charge >= 0.3 is 0 Å². The molecule has 0 bridgehead atoms. The van der Waals surface area contributed by atoms with Crippen LogP contribution in [0.1, 0.15) is 16.7 Å². The van der Waals surface area contributed by atoms with Crippen molar-refractivity contribution < 1.29 is 9.13 Å². The maximum Gasteiger partial charge on any atom is 0.123 e. The van der Waals surface area contributed by atoms with Gasteiger partial charge in [-0.15, -0.1) is 0 Å². The van der Waals surface area contributed by atoms with Gasteiger partial charge in [0, 0.05) is 6.54 Å². The predicted molar refractivity (Wildman–Crippen MR) is 72.6 cm³/mol. The van der Waals surface area contributed by atoms with Gasteiger partial charge in [0.2, 0.25) is 0 Å². The van der Waals surface area contributed by atoms with Crippen LogP contribution in [0.25, 0.3) is 0 Å². The van der Waals surface area contributed by atoms with E-state index in [0.29, 0.717) is 6.61 Å². The maximum atomic E-state index is 12.8. The lowest BCUT2D eigenvalue weighted by Gasteiger charge is -2.18. The molecular formula is C16H16FNO. The molecule has 0 radical (unpaired) electrons. The Kier molecular flexibility index (Phi) is 3.47. The van der Waals surface area contributed by atoms with Crippen molar-refractivity contribution in [2.45, 2.75) is 19.6 Å². The van der Waals surface area contributed by atoms with Gasteiger partial charge in [0.15, 0.2) is 0 Å². The fourth-order valence-electron chi connectivity index (χ4n) is 2.29. The smallest absolute Gasteiger partial charge is 0.123 e. The summed E-state index contributed by atoms with van der Waals surface area (Å²) in [4.78, 5) is 0. The summed E-state index contributed by atoms with van der Waals surface area (Å²) in [5.74, 6) is 0.662. The normalized spacial score (nSPS) is 13.9. The van der Waals surface area contributed by atoms with Crippen molar-refractivity contribution in [2.24, 2.45) is 0 Å². The van der Waals surface area contributed by atoms with Crippen LogP contribution in [-0.4, -0.2) is 6.54 Å². The number of rotatable bonds is 3. The van der Waals surface area contributed by atoms with Gasteiger partial charge in [-0.3, -0.25) is 0 Å². The molecule has 3 heteroatoms. The van der Waals surface area contributed by atoms with E-state index >= 15 is 0 Å². The molecule has 19 heavy (non-hydrogen) atoms. The van der Waals surface area contributed by atoms with Gasteiger partial charge in [0.25, 0.3) is 0 Å². The molecule has 1 aliphatic rings. The molecule has 0 fully saturated rings. The summed E-state index contributed by atoms with van der Waals surface area (Å²) < 4.78 is 18.5. The average molecular weight is 257 g/mol. The largest absolute Gasteiger partial charge is 0.489 e. The first-order valence-corrected chi connectivity index (χ1v) is 6.51. The molecule has 0 aliphatic carbocycles. The van der Waals surface area contributed by atoms with E-state index in [-0.39, 0.29) is 5.82 Å². The second kappa shape index (κ2) is 5.41. The summed E-state index contributed by atoms with van der Waals surface area (Å²) in [6.07, 6.45) is 1.04. The highest BCUT2D eigenvalue weighted by atomic mass is 19.1. The van der Waals surface area contributed by atoms with Crippen LogP contribution in [0, 0.1) is 5.82 Å². The Morgan fingerprint density at radius 2 is 1.89 bits per heavy atom. The lowest BCUT2D eigenvalue weighted by Crippen LogP contribution is -2.23. The molecule has 0 atom stereocenters. The fraction of sp³-hybridized carbons (Fsp3) is 0.250. The standard InChI is InChI=1S/C16H16FNO/c17-15-4-1-12(2-5-15)11-19-16-6-3-14-10-18-8-7-13(14)9-16/h1-6,9,18H,7-8,10-11H2. The van der Waals surface area contributed by atoms with Crippen LogP contribution in [-0.2, 0) is 19.6 Å². The number of nitrogens with one attached hydrogen (secondary N) is 1. The molecule has 98 valence electrons. The predicted octanol–water partition coefficient (Wildman–Crippen LogP) is 3.05. The van der Waals surface area contributed by atoms with Crippen molar-refractivity contribution in [3.63, 3.8) is 0 Å². The summed E-state index contributed by atoms with van der Waals surface area (Å²) in [5.41, 5.74) is 3.68. The van der Waals surface area contributed by atoms with Crippen LogP contribution in [0.15, 0.2) is 42.5 Å². The number of hydrogen-bond acceptors (Lipinski definition) is 2. The van der Waals surface area contributed by atoms with Gasteiger partial charge < -0.3 is 10.1 Å². The van der Waals surface area contributed by atoms with E-state index in [9.17, 15) is 4.39 Å². The topological polar surface area (TPSA) is 21.3 Å². The highest BCUT2D eigenvalue weighted by molar-refractivity contribution is 5.37. The Morgan fingerprint density at radius 1 is 1.05 bits per heavy atom. The van der Waals surface area contributed by atoms with Crippen molar-refractivity contribution in [1.29, 1.82) is 0 Å². The summed E-state index contributed by atoms with van der Waals surface area (Å²) in [6.45, 7) is 2.43. The lowest BCUT2D eigenvalue weighted by molar-refractivity contribution is 0.305. The molecule has 0 unspecified atom stereocenters. The highest BCUT2D eigenvalue weighted by Crippen LogP contribution is 2.21. The molecule has 0 aromatic heterocycles. The Labute approximate surface area is 112 Å². The first kappa shape index (κ1) is 12.2. The Balaban J connectivity index is 1.68. The Morgan fingerprint density at radius 3 is 2.74 bits per heavy atom. The number of halogens is 1. The molecule has 0 amide bonds. The summed E-state index contributed by atoms with van der Waals surface area (Å²) in [7, 11) is 0. The molecule has 0 saturated heterocycles. The first-order valence-electron chi connectivity index (χ1n) is 6.51. The number of benzene rings is 2. The molecule has 2 nitrogen and oxygen atoms in total. The average Bonchev–Trinajstić information content (AvgIpc) is 2.46. The monoisotopic (exact) mass is 257 g/mol. The van der Waals surface area contributed by atoms with Crippen molar-refractivity contribution in [1.82, 2.24) is 5.32 Å². The molecule has 3 rings (SSSR count). The quantitative estimate of drug-likeness (QED) is 0.912. The minimum atomic E-state index is -0.218. The number of hydrogen-bond donors (Lipinski definition) is 1. The van der Waals surface area contributed by atoms with Gasteiger partial charge in [-0.25, -0.2) is 4.39 Å². The third kappa shape index (κ3) is 2.93. The fourth-order valence-corrected chi connectivity index (χ4v) is 2.29. The molecule has 2 aromatic rings. The zero-order valence-corrected chi connectivity index (χ0v) is 10.7. The summed E-state index contributed by atoms with van der Waals surface area (Å²) >= 11 is 0. The van der Waals surface area contributed by atoms with E-state index in [0.717, 1.165) is 30.8 Å². The third-order valence-electron chi connectivity index (χ3n) is 3.38. The molecule has 1 heterocycles. The molecule has 2 aromatic carbocycles. The van der Waals surface area contributed by atoms with Crippen LogP contribution >= 0.6 is 0 Å². The zero-order chi connectivity index (χ0) is 13.1. The lowest BCUT2D eigenvalue weighted by atomic mass is 10.0. The molecule has 1 aliphatic heterocycles. The van der Waals surface area contributed by atoms with E-state index in [4.69, 9.17) is 4.74 Å².